The summed E-state index contributed by atoms with van der Waals surface area (Å²) >= 11 is 0. The summed E-state index contributed by atoms with van der Waals surface area (Å²) < 4.78 is 19.1. The molecule has 1 aromatic heterocycles. The van der Waals surface area contributed by atoms with Crippen molar-refractivity contribution in [3.8, 4) is 0 Å². The summed E-state index contributed by atoms with van der Waals surface area (Å²) in [5.41, 5.74) is 4.85. The van der Waals surface area contributed by atoms with Crippen molar-refractivity contribution in [2.75, 3.05) is 6.54 Å². The molecule has 1 atom stereocenters. The van der Waals surface area contributed by atoms with E-state index in [9.17, 15) is 9.18 Å². The number of amides is 1. The summed E-state index contributed by atoms with van der Waals surface area (Å²) in [5.74, 6) is 0.0572. The Balaban J connectivity index is 1.69. The second-order valence-electron chi connectivity index (χ2n) is 6.79. The molecular weight excluding hydrogens is 317 g/mol. The predicted octanol–water partition coefficient (Wildman–Crippen LogP) is 5.08. The first-order valence-corrected chi connectivity index (χ1v) is 8.53. The van der Waals surface area contributed by atoms with E-state index in [4.69, 9.17) is 4.42 Å². The van der Waals surface area contributed by atoms with Crippen LogP contribution in [0, 0.1) is 26.6 Å². The normalized spacial score (nSPS) is 17.0. The van der Waals surface area contributed by atoms with Gasteiger partial charge in [-0.2, -0.15) is 0 Å². The highest BCUT2D eigenvalue weighted by atomic mass is 19.1. The Labute approximate surface area is 146 Å². The minimum Gasteiger partial charge on any atom is -0.450 e. The van der Waals surface area contributed by atoms with Crippen molar-refractivity contribution in [3.05, 3.63) is 70.2 Å². The van der Waals surface area contributed by atoms with Gasteiger partial charge >= 0.3 is 0 Å². The van der Waals surface area contributed by atoms with Crippen LogP contribution in [0.2, 0.25) is 0 Å². The first-order valence-electron chi connectivity index (χ1n) is 8.53. The largest absolute Gasteiger partial charge is 0.450 e. The second-order valence-corrected chi connectivity index (χ2v) is 6.79. The average molecular weight is 337 g/mol. The van der Waals surface area contributed by atoms with E-state index in [1.807, 2.05) is 26.8 Å². The molecule has 0 bridgehead atoms. The highest BCUT2D eigenvalue weighted by molar-refractivity contribution is 6.00. The zero-order valence-electron chi connectivity index (χ0n) is 14.6. The SMILES string of the molecule is Cc1ccc2c(C)c(C(=O)N3CC[C@H]3c3ccc(F)cc3)oc2c1C. The van der Waals surface area contributed by atoms with Crippen molar-refractivity contribution in [2.24, 2.45) is 0 Å². The molecular formula is C21H20FNO2. The van der Waals surface area contributed by atoms with Crippen molar-refractivity contribution in [2.45, 2.75) is 33.2 Å². The Hall–Kier alpha value is -2.62. The number of aryl methyl sites for hydroxylation is 3. The van der Waals surface area contributed by atoms with Gasteiger partial charge in [0.15, 0.2) is 5.76 Å². The quantitative estimate of drug-likeness (QED) is 0.653. The fraction of sp³-hybridized carbons (Fsp3) is 0.286. The minimum atomic E-state index is -0.264. The molecule has 1 amide bonds. The number of nitrogens with zero attached hydrogens (tertiary/aromatic N) is 1. The van der Waals surface area contributed by atoms with Crippen LogP contribution in [0.4, 0.5) is 4.39 Å². The fourth-order valence-corrected chi connectivity index (χ4v) is 3.51. The van der Waals surface area contributed by atoms with E-state index in [1.54, 1.807) is 17.0 Å². The number of furan rings is 1. The lowest BCUT2D eigenvalue weighted by molar-refractivity contribution is 0.0429. The molecule has 25 heavy (non-hydrogen) atoms. The van der Waals surface area contributed by atoms with Gasteiger partial charge in [0.25, 0.3) is 5.91 Å². The highest BCUT2D eigenvalue weighted by Crippen LogP contribution is 2.37. The minimum absolute atomic E-state index is 0.0106. The summed E-state index contributed by atoms with van der Waals surface area (Å²) in [6.07, 6.45) is 0.884. The number of benzene rings is 2. The van der Waals surface area contributed by atoms with Gasteiger partial charge in [0, 0.05) is 17.5 Å². The van der Waals surface area contributed by atoms with Gasteiger partial charge in [-0.05, 0) is 56.0 Å². The molecule has 0 radical (unpaired) electrons. The van der Waals surface area contributed by atoms with Crippen molar-refractivity contribution in [1.82, 2.24) is 4.90 Å². The van der Waals surface area contributed by atoms with Gasteiger partial charge in [0.1, 0.15) is 11.4 Å². The summed E-state index contributed by atoms with van der Waals surface area (Å²) in [6, 6.07) is 10.4. The van der Waals surface area contributed by atoms with Gasteiger partial charge < -0.3 is 9.32 Å². The van der Waals surface area contributed by atoms with Crippen LogP contribution in [0.15, 0.2) is 40.8 Å². The van der Waals surface area contributed by atoms with Crippen LogP contribution in [-0.4, -0.2) is 17.4 Å². The lowest BCUT2D eigenvalue weighted by Crippen LogP contribution is -2.45. The van der Waals surface area contributed by atoms with Crippen LogP contribution >= 0.6 is 0 Å². The van der Waals surface area contributed by atoms with Crippen LogP contribution in [-0.2, 0) is 0 Å². The van der Waals surface area contributed by atoms with E-state index in [0.29, 0.717) is 12.3 Å². The molecule has 0 N–H and O–H groups in total. The Morgan fingerprint density at radius 2 is 1.80 bits per heavy atom. The van der Waals surface area contributed by atoms with Crippen LogP contribution < -0.4 is 0 Å². The van der Waals surface area contributed by atoms with E-state index in [-0.39, 0.29) is 17.8 Å². The third-order valence-electron chi connectivity index (χ3n) is 5.35. The zero-order valence-corrected chi connectivity index (χ0v) is 14.6. The molecule has 1 saturated heterocycles. The van der Waals surface area contributed by atoms with E-state index in [0.717, 1.165) is 39.6 Å². The topological polar surface area (TPSA) is 33.5 Å². The Bertz CT molecular complexity index is 972. The number of fused-ring (bicyclic) bond motifs is 1. The molecule has 2 aromatic carbocycles. The van der Waals surface area contributed by atoms with Gasteiger partial charge in [-0.3, -0.25) is 4.79 Å². The molecule has 4 rings (SSSR count). The molecule has 2 heterocycles. The van der Waals surface area contributed by atoms with E-state index in [1.165, 1.54) is 12.1 Å². The summed E-state index contributed by atoms with van der Waals surface area (Å²) in [6.45, 7) is 6.67. The fourth-order valence-electron chi connectivity index (χ4n) is 3.51. The predicted molar refractivity (Wildman–Crippen MR) is 95.2 cm³/mol. The zero-order chi connectivity index (χ0) is 17.7. The lowest BCUT2D eigenvalue weighted by Gasteiger charge is -2.41. The van der Waals surface area contributed by atoms with E-state index in [2.05, 4.69) is 6.07 Å². The van der Waals surface area contributed by atoms with E-state index < -0.39 is 0 Å². The number of carbonyl (C=O) groups is 1. The maximum atomic E-state index is 13.1. The smallest absolute Gasteiger partial charge is 0.290 e. The van der Waals surface area contributed by atoms with E-state index >= 15 is 0 Å². The number of halogens is 1. The Kier molecular flexibility index (Phi) is 3.64. The maximum Gasteiger partial charge on any atom is 0.290 e. The standard InChI is InChI=1S/C21H20FNO2/c1-12-4-9-17-14(3)20(25-19(17)13(12)2)21(24)23-11-10-18(23)15-5-7-16(22)8-6-15/h4-9,18H,10-11H2,1-3H3/t18-/m0/s1. The van der Waals surface area contributed by atoms with Crippen molar-refractivity contribution < 1.29 is 13.6 Å². The molecule has 1 fully saturated rings. The monoisotopic (exact) mass is 337 g/mol. The van der Waals surface area contributed by atoms with Crippen LogP contribution in [0.25, 0.3) is 11.0 Å². The van der Waals surface area contributed by atoms with Gasteiger partial charge in [-0.25, -0.2) is 4.39 Å². The molecule has 0 aliphatic carbocycles. The summed E-state index contributed by atoms with van der Waals surface area (Å²) in [7, 11) is 0. The number of likely N-dealkylation sites (tertiary alicyclic amines) is 1. The molecule has 0 saturated carbocycles. The molecule has 4 heteroatoms. The third-order valence-corrected chi connectivity index (χ3v) is 5.35. The maximum absolute atomic E-state index is 13.1. The average Bonchev–Trinajstić information content (AvgIpc) is 2.90. The van der Waals surface area contributed by atoms with Crippen LogP contribution in [0.1, 0.15) is 45.3 Å². The van der Waals surface area contributed by atoms with Crippen LogP contribution in [0.5, 0.6) is 0 Å². The second kappa shape index (κ2) is 5.73. The molecule has 0 spiro atoms. The Morgan fingerprint density at radius 3 is 2.44 bits per heavy atom. The number of hydrogen-bond donors (Lipinski definition) is 0. The highest BCUT2D eigenvalue weighted by Gasteiger charge is 2.36. The van der Waals surface area contributed by atoms with Crippen molar-refractivity contribution in [1.29, 1.82) is 0 Å². The number of hydrogen-bond acceptors (Lipinski definition) is 2. The molecule has 1 aliphatic rings. The van der Waals surface area contributed by atoms with Gasteiger partial charge in [-0.15, -0.1) is 0 Å². The lowest BCUT2D eigenvalue weighted by atomic mass is 9.94. The van der Waals surface area contributed by atoms with Crippen molar-refractivity contribution >= 4 is 16.9 Å². The molecule has 3 aromatic rings. The molecule has 1 aliphatic heterocycles. The first-order chi connectivity index (χ1) is 12.0. The van der Waals surface area contributed by atoms with Crippen LogP contribution in [0.3, 0.4) is 0 Å². The number of carbonyl (C=O) groups excluding carboxylic acids is 1. The number of rotatable bonds is 2. The summed E-state index contributed by atoms with van der Waals surface area (Å²) in [5, 5.41) is 0.991. The molecule has 128 valence electrons. The van der Waals surface area contributed by atoms with Crippen molar-refractivity contribution in [3.63, 3.8) is 0 Å². The van der Waals surface area contributed by atoms with Gasteiger partial charge in [-0.1, -0.05) is 24.3 Å². The molecule has 0 unspecified atom stereocenters. The van der Waals surface area contributed by atoms with Gasteiger partial charge in [0.2, 0.25) is 0 Å². The third kappa shape index (κ3) is 2.44. The van der Waals surface area contributed by atoms with Gasteiger partial charge in [0.05, 0.1) is 6.04 Å². The Morgan fingerprint density at radius 1 is 1.08 bits per heavy atom. The first kappa shape index (κ1) is 15.9. The summed E-state index contributed by atoms with van der Waals surface area (Å²) in [4.78, 5) is 14.8. The molecule has 3 nitrogen and oxygen atoms in total.